The lowest BCUT2D eigenvalue weighted by atomic mass is 10.2. The van der Waals surface area contributed by atoms with E-state index in [-0.39, 0.29) is 0 Å². The molecule has 0 N–H and O–H groups in total. The first-order chi connectivity index (χ1) is 12.4. The van der Waals surface area contributed by atoms with Gasteiger partial charge in [-0.2, -0.15) is 0 Å². The van der Waals surface area contributed by atoms with E-state index in [1.165, 1.54) is 0 Å². The molecule has 0 bridgehead atoms. The van der Waals surface area contributed by atoms with E-state index in [1.807, 2.05) is 13.8 Å². The lowest BCUT2D eigenvalue weighted by molar-refractivity contribution is 0.401. The number of benzene rings is 3. The van der Waals surface area contributed by atoms with Gasteiger partial charge in [0, 0.05) is 9.79 Å². The first-order valence-electron chi connectivity index (χ1n) is 7.72. The molecule has 0 aromatic heterocycles. The largest absolute Gasteiger partial charge is 0.202 e. The van der Waals surface area contributed by atoms with Crippen molar-refractivity contribution in [1.29, 1.82) is 0 Å². The van der Waals surface area contributed by atoms with Gasteiger partial charge < -0.3 is 0 Å². The smallest absolute Gasteiger partial charge is 0.177 e. The van der Waals surface area contributed by atoms with Gasteiger partial charge in [-0.1, -0.05) is 58.9 Å². The summed E-state index contributed by atoms with van der Waals surface area (Å²) >= 11 is 1.31. The highest BCUT2D eigenvalue weighted by Crippen LogP contribution is 2.40. The van der Waals surface area contributed by atoms with Gasteiger partial charge in [0.1, 0.15) is 0 Å². The standard InChI is InChI=1S/C20H14F4S2/c1-11-3-7-13(8-4-11)25-19-15(21)17(23)20(18(24)16(19)22)26-14-9-5-12(2)6-10-14/h3-10H,1-2H3. The van der Waals surface area contributed by atoms with Crippen molar-refractivity contribution in [3.05, 3.63) is 82.9 Å². The average Bonchev–Trinajstić information content (AvgIpc) is 2.64. The summed E-state index contributed by atoms with van der Waals surface area (Å²) in [6.07, 6.45) is 0. The summed E-state index contributed by atoms with van der Waals surface area (Å²) in [5.41, 5.74) is 1.94. The number of aryl methyl sites for hydroxylation is 2. The van der Waals surface area contributed by atoms with Crippen LogP contribution < -0.4 is 0 Å². The molecule has 0 aliphatic rings. The van der Waals surface area contributed by atoms with Crippen LogP contribution in [0.5, 0.6) is 0 Å². The molecule has 3 aromatic rings. The van der Waals surface area contributed by atoms with Crippen LogP contribution in [-0.4, -0.2) is 0 Å². The van der Waals surface area contributed by atoms with E-state index in [1.54, 1.807) is 48.5 Å². The monoisotopic (exact) mass is 394 g/mol. The Morgan fingerprint density at radius 3 is 1.04 bits per heavy atom. The third-order valence-corrected chi connectivity index (χ3v) is 5.81. The van der Waals surface area contributed by atoms with E-state index in [0.29, 0.717) is 33.3 Å². The van der Waals surface area contributed by atoms with Crippen LogP contribution >= 0.6 is 23.5 Å². The molecule has 0 saturated carbocycles. The van der Waals surface area contributed by atoms with E-state index in [2.05, 4.69) is 0 Å². The highest BCUT2D eigenvalue weighted by atomic mass is 32.2. The van der Waals surface area contributed by atoms with Crippen LogP contribution in [-0.2, 0) is 0 Å². The van der Waals surface area contributed by atoms with Gasteiger partial charge in [0.15, 0.2) is 23.3 Å². The molecule has 0 heterocycles. The van der Waals surface area contributed by atoms with E-state index >= 15 is 0 Å². The highest BCUT2D eigenvalue weighted by Gasteiger charge is 2.26. The summed E-state index contributed by atoms with van der Waals surface area (Å²) in [6, 6.07) is 13.6. The van der Waals surface area contributed by atoms with E-state index in [4.69, 9.17) is 0 Å². The van der Waals surface area contributed by atoms with Crippen LogP contribution in [0, 0.1) is 37.1 Å². The minimum atomic E-state index is -1.39. The van der Waals surface area contributed by atoms with Gasteiger partial charge in [0.25, 0.3) is 0 Å². The molecule has 0 aliphatic heterocycles. The van der Waals surface area contributed by atoms with E-state index in [0.717, 1.165) is 11.1 Å². The minimum Gasteiger partial charge on any atom is -0.202 e. The lowest BCUT2D eigenvalue weighted by Gasteiger charge is -2.12. The van der Waals surface area contributed by atoms with Crippen molar-refractivity contribution in [1.82, 2.24) is 0 Å². The fourth-order valence-corrected chi connectivity index (χ4v) is 3.95. The minimum absolute atomic E-state index is 0.492. The molecule has 3 rings (SSSR count). The summed E-state index contributed by atoms with van der Waals surface area (Å²) in [6.45, 7) is 3.73. The maximum atomic E-state index is 14.4. The topological polar surface area (TPSA) is 0 Å². The van der Waals surface area contributed by atoms with Crippen molar-refractivity contribution >= 4 is 23.5 Å². The van der Waals surface area contributed by atoms with Crippen molar-refractivity contribution in [3.8, 4) is 0 Å². The molecule has 0 spiro atoms. The number of rotatable bonds is 4. The third-order valence-electron chi connectivity index (χ3n) is 3.66. The summed E-state index contributed by atoms with van der Waals surface area (Å²) in [5.74, 6) is -5.54. The second-order valence-corrected chi connectivity index (χ2v) is 7.91. The van der Waals surface area contributed by atoms with Gasteiger partial charge in [-0.3, -0.25) is 0 Å². The molecule has 134 valence electrons. The maximum absolute atomic E-state index is 14.4. The molecular weight excluding hydrogens is 380 g/mol. The normalized spacial score (nSPS) is 11.0. The fraction of sp³-hybridized carbons (Fsp3) is 0.100. The van der Waals surface area contributed by atoms with Crippen LogP contribution in [0.4, 0.5) is 17.6 Å². The molecule has 0 unspecified atom stereocenters. The van der Waals surface area contributed by atoms with Gasteiger partial charge in [0.05, 0.1) is 9.79 Å². The first kappa shape index (κ1) is 18.9. The van der Waals surface area contributed by atoms with Gasteiger partial charge in [-0.15, -0.1) is 0 Å². The van der Waals surface area contributed by atoms with E-state index < -0.39 is 33.1 Å². The fourth-order valence-electron chi connectivity index (χ4n) is 2.22. The summed E-state index contributed by atoms with van der Waals surface area (Å²) < 4.78 is 57.7. The Morgan fingerprint density at radius 2 is 0.769 bits per heavy atom. The quantitative estimate of drug-likeness (QED) is 0.340. The molecule has 6 heteroatoms. The van der Waals surface area contributed by atoms with Crippen molar-refractivity contribution in [2.75, 3.05) is 0 Å². The summed E-state index contributed by atoms with van der Waals surface area (Å²) in [5, 5.41) is 0. The predicted molar refractivity (Wildman–Crippen MR) is 96.9 cm³/mol. The Balaban J connectivity index is 1.98. The van der Waals surface area contributed by atoms with Crippen LogP contribution in [0.2, 0.25) is 0 Å². The molecule has 0 radical (unpaired) electrons. The zero-order chi connectivity index (χ0) is 18.8. The van der Waals surface area contributed by atoms with Gasteiger partial charge in [-0.25, -0.2) is 17.6 Å². The maximum Gasteiger partial charge on any atom is 0.177 e. The van der Waals surface area contributed by atoms with Crippen LogP contribution in [0.25, 0.3) is 0 Å². The zero-order valence-corrected chi connectivity index (χ0v) is 15.6. The van der Waals surface area contributed by atoms with Gasteiger partial charge in [-0.05, 0) is 38.1 Å². The highest BCUT2D eigenvalue weighted by molar-refractivity contribution is 7.99. The number of hydrogen-bond donors (Lipinski definition) is 0. The predicted octanol–water partition coefficient (Wildman–Crippen LogP) is 7.16. The second-order valence-electron chi connectivity index (χ2n) is 5.74. The van der Waals surface area contributed by atoms with Crippen molar-refractivity contribution in [2.45, 2.75) is 33.4 Å². The average molecular weight is 394 g/mol. The molecule has 0 fully saturated rings. The van der Waals surface area contributed by atoms with E-state index in [9.17, 15) is 17.6 Å². The molecule has 0 aliphatic carbocycles. The Morgan fingerprint density at radius 1 is 0.500 bits per heavy atom. The molecule has 3 aromatic carbocycles. The number of hydrogen-bond acceptors (Lipinski definition) is 2. The van der Waals surface area contributed by atoms with Crippen LogP contribution in [0.15, 0.2) is 68.1 Å². The Kier molecular flexibility index (Phi) is 5.63. The van der Waals surface area contributed by atoms with Crippen molar-refractivity contribution < 1.29 is 17.6 Å². The summed E-state index contributed by atoms with van der Waals surface area (Å²) in [4.78, 5) is -0.383. The molecule has 0 nitrogen and oxygen atoms in total. The molecule has 0 amide bonds. The first-order valence-corrected chi connectivity index (χ1v) is 9.35. The lowest BCUT2D eigenvalue weighted by Crippen LogP contribution is -2.01. The molecule has 0 atom stereocenters. The molecule has 26 heavy (non-hydrogen) atoms. The number of halogens is 4. The van der Waals surface area contributed by atoms with Crippen LogP contribution in [0.3, 0.4) is 0 Å². The zero-order valence-electron chi connectivity index (χ0n) is 13.9. The summed E-state index contributed by atoms with van der Waals surface area (Å²) in [7, 11) is 0. The van der Waals surface area contributed by atoms with Gasteiger partial charge >= 0.3 is 0 Å². The Labute approximate surface area is 157 Å². The van der Waals surface area contributed by atoms with Gasteiger partial charge in [0.2, 0.25) is 0 Å². The SMILES string of the molecule is Cc1ccc(Sc2c(F)c(F)c(Sc3ccc(C)cc3)c(F)c2F)cc1. The van der Waals surface area contributed by atoms with Crippen LogP contribution in [0.1, 0.15) is 11.1 Å². The van der Waals surface area contributed by atoms with Crippen molar-refractivity contribution in [3.63, 3.8) is 0 Å². The molecule has 0 saturated heterocycles. The third kappa shape index (κ3) is 3.91. The Hall–Kier alpha value is -1.92. The second kappa shape index (κ2) is 7.76. The Bertz CT molecular complexity index is 828. The van der Waals surface area contributed by atoms with Crippen molar-refractivity contribution in [2.24, 2.45) is 0 Å². The molecular formula is C20H14F4S2.